The Morgan fingerprint density at radius 1 is 1.05 bits per heavy atom. The third-order valence-corrected chi connectivity index (χ3v) is 5.84. The van der Waals surface area contributed by atoms with Crippen molar-refractivity contribution in [3.05, 3.63) is 100 Å². The van der Waals surface area contributed by atoms with E-state index in [9.17, 15) is 4.79 Å². The normalized spacial score (nSPS) is 12.3. The van der Waals surface area contributed by atoms with Gasteiger partial charge in [-0.2, -0.15) is 5.10 Å². The topological polar surface area (TPSA) is 60.4 Å². The number of nitrogens with zero attached hydrogens (tertiary/aromatic N) is 2. The first-order valence-corrected chi connectivity index (χ1v) is 12.5. The van der Waals surface area contributed by atoms with Crippen LogP contribution in [0.1, 0.15) is 48.1 Å². The minimum atomic E-state index is -0.514. The molecule has 4 rings (SSSR count). The van der Waals surface area contributed by atoms with Crippen molar-refractivity contribution < 1.29 is 19.0 Å². The zero-order valence-electron chi connectivity index (χ0n) is 22.7. The quantitative estimate of drug-likeness (QED) is 0.194. The number of hydrazone groups is 1. The summed E-state index contributed by atoms with van der Waals surface area (Å²) in [6.07, 6.45) is 7.26. The van der Waals surface area contributed by atoms with Crippen LogP contribution in [0, 0.1) is 26.2 Å². The summed E-state index contributed by atoms with van der Waals surface area (Å²) in [4.78, 5) is 12.8. The van der Waals surface area contributed by atoms with Crippen LogP contribution in [0.5, 0.6) is 11.5 Å². The molecule has 6 heteroatoms. The molecule has 38 heavy (non-hydrogen) atoms. The van der Waals surface area contributed by atoms with Crippen molar-refractivity contribution in [3.8, 4) is 23.8 Å². The van der Waals surface area contributed by atoms with E-state index in [2.05, 4.69) is 11.0 Å². The first kappa shape index (κ1) is 28.1. The van der Waals surface area contributed by atoms with E-state index in [0.717, 1.165) is 40.0 Å². The Morgan fingerprint density at radius 2 is 1.71 bits per heavy atom. The SMILES string of the molecule is C#CCC.C/C=N\N1Cc2c(Oc3c(C)cccc3C)cccc2C(OCc2ccccc2)=C1C(=O)OC. The standard InChI is InChI=1S/C28H28N2O4.C4H6/c1-5-29-30-17-23-22(15-10-16-24(23)34-26-19(2)11-9-12-20(26)3)27(25(30)28(31)32-4)33-18-21-13-7-6-8-14-21;1-3-4-2/h5-16H,17-18H2,1-4H3;1H,4H2,2H3/b29-5-;. The number of para-hydroxylation sites is 1. The molecular weight excluding hydrogens is 476 g/mol. The molecule has 0 radical (unpaired) electrons. The molecule has 1 aliphatic heterocycles. The van der Waals surface area contributed by atoms with Crippen molar-refractivity contribution in [1.82, 2.24) is 5.01 Å². The van der Waals surface area contributed by atoms with E-state index < -0.39 is 5.97 Å². The van der Waals surface area contributed by atoms with E-state index in [4.69, 9.17) is 20.6 Å². The molecule has 0 saturated heterocycles. The molecule has 0 fully saturated rings. The number of fused-ring (bicyclic) bond motifs is 1. The maximum atomic E-state index is 12.8. The predicted molar refractivity (Wildman–Crippen MR) is 151 cm³/mol. The van der Waals surface area contributed by atoms with Crippen molar-refractivity contribution in [2.75, 3.05) is 7.11 Å². The average molecular weight is 511 g/mol. The molecule has 0 saturated carbocycles. The number of methoxy groups -OCH3 is 1. The van der Waals surface area contributed by atoms with Crippen LogP contribution >= 0.6 is 0 Å². The molecule has 0 aromatic heterocycles. The smallest absolute Gasteiger partial charge is 0.360 e. The van der Waals surface area contributed by atoms with E-state index in [-0.39, 0.29) is 5.70 Å². The number of aryl methyl sites for hydroxylation is 2. The number of carbonyl (C=O) groups excluding carboxylic acids is 1. The maximum absolute atomic E-state index is 12.8. The molecule has 1 aliphatic rings. The van der Waals surface area contributed by atoms with E-state index in [1.54, 1.807) is 18.1 Å². The van der Waals surface area contributed by atoms with Gasteiger partial charge in [0.1, 0.15) is 18.1 Å². The van der Waals surface area contributed by atoms with Crippen molar-refractivity contribution in [2.45, 2.75) is 47.3 Å². The minimum Gasteiger partial charge on any atom is -0.486 e. The molecule has 196 valence electrons. The van der Waals surface area contributed by atoms with Crippen LogP contribution in [-0.4, -0.2) is 24.3 Å². The molecule has 0 aliphatic carbocycles. The Hall–Kier alpha value is -4.50. The summed E-state index contributed by atoms with van der Waals surface area (Å²) >= 11 is 0. The summed E-state index contributed by atoms with van der Waals surface area (Å²) in [7, 11) is 1.36. The molecule has 3 aromatic carbocycles. The molecule has 0 unspecified atom stereocenters. The van der Waals surface area contributed by atoms with Crippen LogP contribution in [0.3, 0.4) is 0 Å². The number of rotatable bonds is 7. The zero-order valence-corrected chi connectivity index (χ0v) is 22.7. The van der Waals surface area contributed by atoms with Gasteiger partial charge in [0.25, 0.3) is 0 Å². The van der Waals surface area contributed by atoms with Crippen molar-refractivity contribution in [3.63, 3.8) is 0 Å². The second kappa shape index (κ2) is 13.7. The van der Waals surface area contributed by atoms with Crippen LogP contribution in [0.25, 0.3) is 5.76 Å². The van der Waals surface area contributed by atoms with Crippen LogP contribution in [0.4, 0.5) is 0 Å². The number of hydrogen-bond donors (Lipinski definition) is 0. The summed E-state index contributed by atoms with van der Waals surface area (Å²) in [5, 5.41) is 6.04. The second-order valence-corrected chi connectivity index (χ2v) is 8.54. The fraction of sp³-hybridized carbons (Fsp3) is 0.250. The predicted octanol–water partition coefficient (Wildman–Crippen LogP) is 7.01. The molecule has 0 atom stereocenters. The number of esters is 1. The van der Waals surface area contributed by atoms with Gasteiger partial charge < -0.3 is 14.2 Å². The second-order valence-electron chi connectivity index (χ2n) is 8.54. The van der Waals surface area contributed by atoms with Crippen molar-refractivity contribution >= 4 is 17.9 Å². The Balaban J connectivity index is 0.000000934. The van der Waals surface area contributed by atoms with Crippen LogP contribution in [0.15, 0.2) is 77.5 Å². The summed E-state index contributed by atoms with van der Waals surface area (Å²) in [6.45, 7) is 8.42. The Kier molecular flexibility index (Phi) is 10.1. The number of ether oxygens (including phenoxy) is 3. The lowest BCUT2D eigenvalue weighted by molar-refractivity contribution is -0.138. The average Bonchev–Trinajstić information content (AvgIpc) is 2.94. The lowest BCUT2D eigenvalue weighted by Crippen LogP contribution is -2.30. The van der Waals surface area contributed by atoms with Gasteiger partial charge in [-0.3, -0.25) is 5.01 Å². The van der Waals surface area contributed by atoms with E-state index >= 15 is 0 Å². The van der Waals surface area contributed by atoms with Gasteiger partial charge in [-0.1, -0.05) is 67.6 Å². The third kappa shape index (κ3) is 6.63. The summed E-state index contributed by atoms with van der Waals surface area (Å²) < 4.78 is 17.8. The Bertz CT molecular complexity index is 1330. The number of carbonyl (C=O) groups is 1. The Labute approximate surface area is 225 Å². The number of terminal acetylenes is 1. The number of hydrogen-bond acceptors (Lipinski definition) is 6. The lowest BCUT2D eigenvalue weighted by Gasteiger charge is -2.31. The van der Waals surface area contributed by atoms with Crippen molar-refractivity contribution in [1.29, 1.82) is 0 Å². The van der Waals surface area contributed by atoms with Crippen LogP contribution in [-0.2, 0) is 27.4 Å². The summed E-state index contributed by atoms with van der Waals surface area (Å²) in [5.41, 5.74) is 4.99. The molecule has 3 aromatic rings. The molecular formula is C32H34N2O4. The highest BCUT2D eigenvalue weighted by Crippen LogP contribution is 2.40. The van der Waals surface area contributed by atoms with Gasteiger partial charge in [-0.15, -0.1) is 12.3 Å². The van der Waals surface area contributed by atoms with E-state index in [0.29, 0.717) is 24.7 Å². The summed E-state index contributed by atoms with van der Waals surface area (Å²) in [5.74, 6) is 3.83. The van der Waals surface area contributed by atoms with E-state index in [1.807, 2.05) is 87.5 Å². The highest BCUT2D eigenvalue weighted by molar-refractivity contribution is 5.97. The first-order valence-electron chi connectivity index (χ1n) is 12.5. The van der Waals surface area contributed by atoms with Gasteiger partial charge in [0.05, 0.1) is 13.7 Å². The van der Waals surface area contributed by atoms with Gasteiger partial charge in [0.15, 0.2) is 11.5 Å². The molecule has 0 spiro atoms. The van der Waals surface area contributed by atoms with Gasteiger partial charge in [0, 0.05) is 23.8 Å². The molecule has 0 N–H and O–H groups in total. The van der Waals surface area contributed by atoms with Crippen molar-refractivity contribution in [2.24, 2.45) is 5.10 Å². The Morgan fingerprint density at radius 3 is 2.32 bits per heavy atom. The third-order valence-electron chi connectivity index (χ3n) is 5.84. The summed E-state index contributed by atoms with van der Waals surface area (Å²) in [6, 6.07) is 21.6. The van der Waals surface area contributed by atoms with Gasteiger partial charge in [-0.25, -0.2) is 4.79 Å². The fourth-order valence-electron chi connectivity index (χ4n) is 3.99. The maximum Gasteiger partial charge on any atom is 0.360 e. The van der Waals surface area contributed by atoms with Crippen LogP contribution < -0.4 is 4.74 Å². The minimum absolute atomic E-state index is 0.258. The largest absolute Gasteiger partial charge is 0.486 e. The highest BCUT2D eigenvalue weighted by atomic mass is 16.5. The lowest BCUT2D eigenvalue weighted by atomic mass is 9.99. The molecule has 1 heterocycles. The highest BCUT2D eigenvalue weighted by Gasteiger charge is 2.33. The molecule has 6 nitrogen and oxygen atoms in total. The number of benzene rings is 3. The van der Waals surface area contributed by atoms with Gasteiger partial charge in [-0.05, 0) is 43.5 Å². The van der Waals surface area contributed by atoms with Crippen LogP contribution in [0.2, 0.25) is 0 Å². The molecule has 0 bridgehead atoms. The van der Waals surface area contributed by atoms with Gasteiger partial charge in [0.2, 0.25) is 0 Å². The monoisotopic (exact) mass is 510 g/mol. The zero-order chi connectivity index (χ0) is 27.5. The fourth-order valence-corrected chi connectivity index (χ4v) is 3.99. The molecule has 0 amide bonds. The van der Waals surface area contributed by atoms with Gasteiger partial charge >= 0.3 is 5.97 Å². The first-order chi connectivity index (χ1) is 18.4. The van der Waals surface area contributed by atoms with E-state index in [1.165, 1.54) is 7.11 Å².